The number of nitrogens with two attached hydrogens (primary N) is 3. The minimum absolute atomic E-state index is 0.122. The Morgan fingerprint density at radius 3 is 2.11 bits per heavy atom. The van der Waals surface area contributed by atoms with Crippen molar-refractivity contribution in [1.29, 1.82) is 0 Å². The van der Waals surface area contributed by atoms with E-state index in [9.17, 15) is 9.59 Å². The van der Waals surface area contributed by atoms with Gasteiger partial charge < -0.3 is 22.5 Å². The van der Waals surface area contributed by atoms with Crippen LogP contribution in [-0.4, -0.2) is 30.9 Å². The van der Waals surface area contributed by atoms with Gasteiger partial charge in [-0.2, -0.15) is 0 Å². The van der Waals surface area contributed by atoms with Crippen LogP contribution < -0.4 is 22.5 Å². The number of carbonyl (C=O) groups excluding carboxylic acids is 2. The van der Waals surface area contributed by atoms with Gasteiger partial charge >= 0.3 is 0 Å². The molecule has 0 rings (SSSR count). The molecule has 7 N–H and O–H groups in total. The number of hydrogen-bond donors (Lipinski definition) is 4. The number of nitrogens with one attached hydrogen (secondary N) is 1. The van der Waals surface area contributed by atoms with Gasteiger partial charge in [0.2, 0.25) is 11.8 Å². The highest BCUT2D eigenvalue weighted by Crippen LogP contribution is 2.03. The Balaban J connectivity index is 3.85. The molecule has 18 heavy (non-hydrogen) atoms. The van der Waals surface area contributed by atoms with Crippen molar-refractivity contribution in [3.8, 4) is 0 Å². The van der Waals surface area contributed by atoms with Crippen LogP contribution >= 0.6 is 0 Å². The fourth-order valence-corrected chi connectivity index (χ4v) is 1.65. The van der Waals surface area contributed by atoms with Crippen molar-refractivity contribution < 1.29 is 9.59 Å². The molecular formula is C12H26N4O2. The first kappa shape index (κ1) is 16.9. The standard InChI is InChI=1S/C12H26N4O2/c13-8-4-1-2-7-11(17)16-10(12(15)18)6-3-5-9-14/h10H,1-9,13-14H2,(H2,15,18)(H,16,17). The molecule has 1 atom stereocenters. The van der Waals surface area contributed by atoms with Crippen LogP contribution in [0.2, 0.25) is 0 Å². The Morgan fingerprint density at radius 1 is 0.944 bits per heavy atom. The molecule has 1 unspecified atom stereocenters. The number of unbranched alkanes of at least 4 members (excludes halogenated alkanes) is 3. The van der Waals surface area contributed by atoms with Gasteiger partial charge in [0.15, 0.2) is 0 Å². The van der Waals surface area contributed by atoms with Gasteiger partial charge in [0, 0.05) is 6.42 Å². The van der Waals surface area contributed by atoms with Crippen LogP contribution in [0.5, 0.6) is 0 Å². The first-order valence-corrected chi connectivity index (χ1v) is 6.60. The lowest BCUT2D eigenvalue weighted by Crippen LogP contribution is -2.44. The maximum absolute atomic E-state index is 11.6. The van der Waals surface area contributed by atoms with Gasteiger partial charge in [0.25, 0.3) is 0 Å². The Hall–Kier alpha value is -1.14. The molecule has 2 amide bonds. The summed E-state index contributed by atoms with van der Waals surface area (Å²) in [5.74, 6) is -0.606. The van der Waals surface area contributed by atoms with Crippen LogP contribution in [0.3, 0.4) is 0 Å². The third-order valence-electron chi connectivity index (χ3n) is 2.73. The molecule has 0 saturated carbocycles. The molecule has 0 aromatic rings. The second-order valence-corrected chi connectivity index (χ2v) is 4.41. The SMILES string of the molecule is NCCCCCC(=O)NC(CCCCN)C(N)=O. The number of hydrogen-bond acceptors (Lipinski definition) is 4. The van der Waals surface area contributed by atoms with E-state index in [2.05, 4.69) is 5.32 Å². The summed E-state index contributed by atoms with van der Waals surface area (Å²) < 4.78 is 0. The van der Waals surface area contributed by atoms with E-state index >= 15 is 0 Å². The van der Waals surface area contributed by atoms with E-state index in [1.54, 1.807) is 0 Å². The number of rotatable bonds is 11. The minimum atomic E-state index is -0.571. The highest BCUT2D eigenvalue weighted by molar-refractivity contribution is 5.86. The van der Waals surface area contributed by atoms with Crippen LogP contribution in [0.1, 0.15) is 44.9 Å². The van der Waals surface area contributed by atoms with E-state index in [0.717, 1.165) is 32.1 Å². The molecule has 106 valence electrons. The fraction of sp³-hybridized carbons (Fsp3) is 0.833. The zero-order valence-corrected chi connectivity index (χ0v) is 11.0. The predicted octanol–water partition coefficient (Wildman–Crippen LogP) is -0.395. The van der Waals surface area contributed by atoms with Crippen molar-refractivity contribution in [3.63, 3.8) is 0 Å². The minimum Gasteiger partial charge on any atom is -0.368 e. The summed E-state index contributed by atoms with van der Waals surface area (Å²) in [4.78, 5) is 22.7. The van der Waals surface area contributed by atoms with Gasteiger partial charge in [-0.05, 0) is 45.2 Å². The molecule has 0 aliphatic carbocycles. The van der Waals surface area contributed by atoms with E-state index in [1.807, 2.05) is 0 Å². The van der Waals surface area contributed by atoms with Crippen molar-refractivity contribution in [2.24, 2.45) is 17.2 Å². The van der Waals surface area contributed by atoms with Crippen molar-refractivity contribution >= 4 is 11.8 Å². The van der Waals surface area contributed by atoms with Crippen molar-refractivity contribution in [2.75, 3.05) is 13.1 Å². The van der Waals surface area contributed by atoms with E-state index in [1.165, 1.54) is 0 Å². The first-order chi connectivity index (χ1) is 8.61. The number of carbonyl (C=O) groups is 2. The molecule has 0 aromatic carbocycles. The molecule has 0 aliphatic heterocycles. The van der Waals surface area contributed by atoms with Crippen LogP contribution in [-0.2, 0) is 9.59 Å². The maximum Gasteiger partial charge on any atom is 0.239 e. The zero-order valence-electron chi connectivity index (χ0n) is 11.0. The van der Waals surface area contributed by atoms with Crippen LogP contribution in [0.15, 0.2) is 0 Å². The Kier molecular flexibility index (Phi) is 10.3. The van der Waals surface area contributed by atoms with Gasteiger partial charge in [-0.25, -0.2) is 0 Å². The van der Waals surface area contributed by atoms with Gasteiger partial charge in [0.1, 0.15) is 6.04 Å². The van der Waals surface area contributed by atoms with E-state index < -0.39 is 11.9 Å². The second-order valence-electron chi connectivity index (χ2n) is 4.41. The van der Waals surface area contributed by atoms with Gasteiger partial charge in [-0.1, -0.05) is 6.42 Å². The average Bonchev–Trinajstić information content (AvgIpc) is 2.33. The monoisotopic (exact) mass is 258 g/mol. The van der Waals surface area contributed by atoms with Crippen molar-refractivity contribution in [1.82, 2.24) is 5.32 Å². The van der Waals surface area contributed by atoms with E-state index in [0.29, 0.717) is 25.9 Å². The molecule has 0 radical (unpaired) electrons. The second kappa shape index (κ2) is 11.0. The summed E-state index contributed by atoms with van der Waals surface area (Å²) in [5.41, 5.74) is 16.0. The van der Waals surface area contributed by atoms with Crippen LogP contribution in [0, 0.1) is 0 Å². The fourth-order valence-electron chi connectivity index (χ4n) is 1.65. The highest BCUT2D eigenvalue weighted by atomic mass is 16.2. The summed E-state index contributed by atoms with van der Waals surface area (Å²) >= 11 is 0. The lowest BCUT2D eigenvalue weighted by atomic mass is 10.1. The summed E-state index contributed by atoms with van der Waals surface area (Å²) in [6.07, 6.45) is 5.23. The summed E-state index contributed by atoms with van der Waals surface area (Å²) in [5, 5.41) is 2.67. The molecule has 0 aliphatic rings. The van der Waals surface area contributed by atoms with Crippen LogP contribution in [0.25, 0.3) is 0 Å². The molecule has 0 heterocycles. The van der Waals surface area contributed by atoms with Gasteiger partial charge in [0.05, 0.1) is 0 Å². The van der Waals surface area contributed by atoms with Gasteiger partial charge in [-0.3, -0.25) is 9.59 Å². The number of amides is 2. The normalized spacial score (nSPS) is 12.1. The average molecular weight is 258 g/mol. The third kappa shape index (κ3) is 8.95. The largest absolute Gasteiger partial charge is 0.368 e. The van der Waals surface area contributed by atoms with Crippen LogP contribution in [0.4, 0.5) is 0 Å². The quantitative estimate of drug-likeness (QED) is 0.376. The first-order valence-electron chi connectivity index (χ1n) is 6.60. The van der Waals surface area contributed by atoms with E-state index in [-0.39, 0.29) is 5.91 Å². The summed E-state index contributed by atoms with van der Waals surface area (Å²) in [6.45, 7) is 1.23. The smallest absolute Gasteiger partial charge is 0.239 e. The van der Waals surface area contributed by atoms with Crippen molar-refractivity contribution in [3.05, 3.63) is 0 Å². The lowest BCUT2D eigenvalue weighted by Gasteiger charge is -2.15. The van der Waals surface area contributed by atoms with Crippen molar-refractivity contribution in [2.45, 2.75) is 51.0 Å². The van der Waals surface area contributed by atoms with E-state index in [4.69, 9.17) is 17.2 Å². The Morgan fingerprint density at radius 2 is 1.56 bits per heavy atom. The molecule has 0 spiro atoms. The zero-order chi connectivity index (χ0) is 13.8. The molecule has 0 fully saturated rings. The Bertz CT molecular complexity index is 246. The third-order valence-corrected chi connectivity index (χ3v) is 2.73. The molecule has 0 aromatic heterocycles. The molecule has 6 heteroatoms. The number of primary amides is 1. The summed E-state index contributed by atoms with van der Waals surface area (Å²) in [7, 11) is 0. The topological polar surface area (TPSA) is 124 Å². The Labute approximate surface area is 109 Å². The molecule has 6 nitrogen and oxygen atoms in total. The predicted molar refractivity (Wildman–Crippen MR) is 71.6 cm³/mol. The molecule has 0 saturated heterocycles. The molecular weight excluding hydrogens is 232 g/mol. The molecule has 0 bridgehead atoms. The highest BCUT2D eigenvalue weighted by Gasteiger charge is 2.16. The lowest BCUT2D eigenvalue weighted by molar-refractivity contribution is -0.127. The summed E-state index contributed by atoms with van der Waals surface area (Å²) in [6, 6.07) is -0.571. The van der Waals surface area contributed by atoms with Gasteiger partial charge in [-0.15, -0.1) is 0 Å². The maximum atomic E-state index is 11.6.